The van der Waals surface area contributed by atoms with Crippen LogP contribution in [0.2, 0.25) is 0 Å². The van der Waals surface area contributed by atoms with Crippen molar-refractivity contribution in [3.63, 3.8) is 0 Å². The third kappa shape index (κ3) is 3.17. The minimum atomic E-state index is -0.838. The van der Waals surface area contributed by atoms with Crippen molar-refractivity contribution in [3.8, 4) is 0 Å². The Labute approximate surface area is 102 Å². The summed E-state index contributed by atoms with van der Waals surface area (Å²) in [6, 6.07) is 10.0. The summed E-state index contributed by atoms with van der Waals surface area (Å²) in [6.45, 7) is 0. The van der Waals surface area contributed by atoms with E-state index in [-0.39, 0.29) is 0 Å². The fraction of sp³-hybridized carbons (Fsp3) is 0.0833. The number of halogens is 2. The van der Waals surface area contributed by atoms with Crippen molar-refractivity contribution in [2.24, 2.45) is 0 Å². The van der Waals surface area contributed by atoms with Gasteiger partial charge in [-0.1, -0.05) is 6.07 Å². The molecule has 2 aromatic rings. The standard InChI is InChI=1S/C12H9F2N2S/c13-9-5-4-8(6-10(9)14)7-17-12-3-1-2-11(15)16-12/h1,3-6H,7H2,(H2,15,16). The first-order valence-electron chi connectivity index (χ1n) is 4.86. The summed E-state index contributed by atoms with van der Waals surface area (Å²) in [4.78, 5) is 4.05. The van der Waals surface area contributed by atoms with E-state index in [0.717, 1.165) is 11.1 Å². The molecule has 2 rings (SSSR count). The Morgan fingerprint density at radius 1 is 1.24 bits per heavy atom. The second-order valence-corrected chi connectivity index (χ2v) is 4.35. The minimum Gasteiger partial charge on any atom is -0.383 e. The van der Waals surface area contributed by atoms with Crippen LogP contribution in [0.5, 0.6) is 0 Å². The van der Waals surface area contributed by atoms with E-state index < -0.39 is 11.6 Å². The summed E-state index contributed by atoms with van der Waals surface area (Å²) in [5.74, 6) is -0.846. The third-order valence-corrected chi connectivity index (χ3v) is 3.06. The Hall–Kier alpha value is -1.62. The van der Waals surface area contributed by atoms with Gasteiger partial charge in [0.1, 0.15) is 5.82 Å². The second kappa shape index (κ2) is 5.14. The summed E-state index contributed by atoms with van der Waals surface area (Å²) in [7, 11) is 0. The molecule has 1 heterocycles. The van der Waals surface area contributed by atoms with Crippen molar-refractivity contribution in [3.05, 3.63) is 53.6 Å². The molecule has 1 radical (unpaired) electrons. The van der Waals surface area contributed by atoms with E-state index in [1.807, 2.05) is 0 Å². The number of rotatable bonds is 3. The highest BCUT2D eigenvalue weighted by Gasteiger charge is 2.03. The summed E-state index contributed by atoms with van der Waals surface area (Å²) in [5, 5.41) is 0.728. The number of nitrogen functional groups attached to an aromatic ring is 1. The van der Waals surface area contributed by atoms with E-state index >= 15 is 0 Å². The Kier molecular flexibility index (Phi) is 3.58. The molecule has 87 valence electrons. The van der Waals surface area contributed by atoms with Gasteiger partial charge < -0.3 is 5.73 Å². The number of nitrogens with zero attached hydrogens (tertiary/aromatic N) is 1. The van der Waals surface area contributed by atoms with Crippen LogP contribution in [0.15, 0.2) is 35.4 Å². The van der Waals surface area contributed by atoms with Crippen LogP contribution >= 0.6 is 11.8 Å². The van der Waals surface area contributed by atoms with E-state index in [1.165, 1.54) is 17.8 Å². The highest BCUT2D eigenvalue weighted by Crippen LogP contribution is 2.22. The first-order valence-corrected chi connectivity index (χ1v) is 5.84. The summed E-state index contributed by atoms with van der Waals surface area (Å²) in [6.07, 6.45) is 0. The predicted molar refractivity (Wildman–Crippen MR) is 63.4 cm³/mol. The minimum absolute atomic E-state index is 0.320. The summed E-state index contributed by atoms with van der Waals surface area (Å²) >= 11 is 1.40. The second-order valence-electron chi connectivity index (χ2n) is 3.35. The molecule has 0 fully saturated rings. The van der Waals surface area contributed by atoms with Crippen molar-refractivity contribution < 1.29 is 8.78 Å². The maximum atomic E-state index is 12.9. The smallest absolute Gasteiger partial charge is 0.159 e. The number of pyridine rings is 1. The van der Waals surface area contributed by atoms with Crippen LogP contribution in [0.1, 0.15) is 5.56 Å². The first-order chi connectivity index (χ1) is 8.15. The van der Waals surface area contributed by atoms with E-state index in [9.17, 15) is 8.78 Å². The molecule has 2 N–H and O–H groups in total. The zero-order valence-corrected chi connectivity index (χ0v) is 9.60. The molecule has 1 aromatic carbocycles. The van der Waals surface area contributed by atoms with Crippen molar-refractivity contribution in [1.29, 1.82) is 0 Å². The molecule has 0 unspecified atom stereocenters. The predicted octanol–water partition coefficient (Wildman–Crippen LogP) is 3.03. The van der Waals surface area contributed by atoms with Crippen molar-refractivity contribution in [1.82, 2.24) is 4.98 Å². The monoisotopic (exact) mass is 251 g/mol. The molecule has 1 aromatic heterocycles. The van der Waals surface area contributed by atoms with E-state index in [1.54, 1.807) is 18.2 Å². The van der Waals surface area contributed by atoms with Gasteiger partial charge in [-0.2, -0.15) is 0 Å². The van der Waals surface area contributed by atoms with Crippen LogP contribution in [0.25, 0.3) is 0 Å². The Balaban J connectivity index is 2.05. The molecule has 0 bridgehead atoms. The quantitative estimate of drug-likeness (QED) is 0.852. The average Bonchev–Trinajstić information content (AvgIpc) is 2.31. The van der Waals surface area contributed by atoms with Crippen molar-refractivity contribution in [2.75, 3.05) is 5.73 Å². The molecule has 0 spiro atoms. The molecular formula is C12H9F2N2S. The molecular weight excluding hydrogens is 242 g/mol. The molecule has 0 aliphatic carbocycles. The van der Waals surface area contributed by atoms with E-state index in [0.29, 0.717) is 17.1 Å². The molecule has 2 nitrogen and oxygen atoms in total. The normalized spacial score (nSPS) is 10.5. The molecule has 0 aliphatic heterocycles. The van der Waals surface area contributed by atoms with Crippen LogP contribution < -0.4 is 5.73 Å². The number of anilines is 1. The van der Waals surface area contributed by atoms with Gasteiger partial charge in [0, 0.05) is 11.8 Å². The number of hydrogen-bond donors (Lipinski definition) is 1. The molecule has 17 heavy (non-hydrogen) atoms. The van der Waals surface area contributed by atoms with Gasteiger partial charge in [0.2, 0.25) is 0 Å². The van der Waals surface area contributed by atoms with Gasteiger partial charge in [0.15, 0.2) is 11.6 Å². The van der Waals surface area contributed by atoms with Crippen LogP contribution in [-0.4, -0.2) is 4.98 Å². The van der Waals surface area contributed by atoms with Crippen LogP contribution in [-0.2, 0) is 5.75 Å². The van der Waals surface area contributed by atoms with Crippen molar-refractivity contribution in [2.45, 2.75) is 10.8 Å². The lowest BCUT2D eigenvalue weighted by molar-refractivity contribution is 0.507. The lowest BCUT2D eigenvalue weighted by Crippen LogP contribution is -1.91. The van der Waals surface area contributed by atoms with Gasteiger partial charge in [-0.25, -0.2) is 13.8 Å². The van der Waals surface area contributed by atoms with Gasteiger partial charge >= 0.3 is 0 Å². The largest absolute Gasteiger partial charge is 0.383 e. The molecule has 5 heteroatoms. The van der Waals surface area contributed by atoms with Crippen LogP contribution in [0.4, 0.5) is 14.6 Å². The fourth-order valence-electron chi connectivity index (χ4n) is 1.25. The number of aromatic nitrogens is 1. The topological polar surface area (TPSA) is 38.9 Å². The number of nitrogens with two attached hydrogens (primary N) is 1. The molecule has 0 saturated heterocycles. The summed E-state index contributed by atoms with van der Waals surface area (Å²) in [5.41, 5.74) is 6.18. The van der Waals surface area contributed by atoms with E-state index in [2.05, 4.69) is 11.1 Å². The highest BCUT2D eigenvalue weighted by atomic mass is 32.2. The SMILES string of the molecule is Nc1[c]ccc(SCc2ccc(F)c(F)c2)n1. The fourth-order valence-corrected chi connectivity index (χ4v) is 2.07. The van der Waals surface area contributed by atoms with Gasteiger partial charge in [0.05, 0.1) is 5.03 Å². The van der Waals surface area contributed by atoms with Crippen LogP contribution in [0.3, 0.4) is 0 Å². The molecule has 0 saturated carbocycles. The maximum absolute atomic E-state index is 12.9. The maximum Gasteiger partial charge on any atom is 0.159 e. The summed E-state index contributed by atoms with van der Waals surface area (Å²) < 4.78 is 25.6. The third-order valence-electron chi connectivity index (χ3n) is 2.06. The first kappa shape index (κ1) is 11.9. The average molecular weight is 251 g/mol. The van der Waals surface area contributed by atoms with Gasteiger partial charge in [-0.3, -0.25) is 0 Å². The number of hydrogen-bond acceptors (Lipinski definition) is 3. The molecule has 0 aliphatic rings. The van der Waals surface area contributed by atoms with E-state index in [4.69, 9.17) is 5.73 Å². The van der Waals surface area contributed by atoms with Crippen LogP contribution in [0, 0.1) is 17.7 Å². The molecule has 0 amide bonds. The number of benzene rings is 1. The Morgan fingerprint density at radius 3 is 2.76 bits per heavy atom. The number of thioether (sulfide) groups is 1. The zero-order valence-electron chi connectivity index (χ0n) is 8.78. The highest BCUT2D eigenvalue weighted by molar-refractivity contribution is 7.98. The van der Waals surface area contributed by atoms with Crippen molar-refractivity contribution >= 4 is 17.6 Å². The van der Waals surface area contributed by atoms with Gasteiger partial charge in [-0.05, 0) is 29.8 Å². The van der Waals surface area contributed by atoms with Gasteiger partial charge in [0.25, 0.3) is 0 Å². The zero-order chi connectivity index (χ0) is 12.3. The Bertz CT molecular complexity index is 532. The lowest BCUT2D eigenvalue weighted by Gasteiger charge is -2.02. The lowest BCUT2D eigenvalue weighted by atomic mass is 10.2. The Morgan fingerprint density at radius 2 is 2.06 bits per heavy atom. The van der Waals surface area contributed by atoms with Gasteiger partial charge in [-0.15, -0.1) is 11.8 Å². The molecule has 0 atom stereocenters.